The zero-order valence-corrected chi connectivity index (χ0v) is 11.6. The van der Waals surface area contributed by atoms with Crippen molar-refractivity contribution in [3.63, 3.8) is 0 Å². The van der Waals surface area contributed by atoms with Crippen molar-refractivity contribution in [1.29, 1.82) is 0 Å². The fraction of sp³-hybridized carbons (Fsp3) is 0.625. The fourth-order valence-electron chi connectivity index (χ4n) is 2.91. The highest BCUT2D eigenvalue weighted by Gasteiger charge is 2.32. The summed E-state index contributed by atoms with van der Waals surface area (Å²) in [5.41, 5.74) is 2.05. The largest absolute Gasteiger partial charge is 0.390 e. The molecule has 2 rings (SSSR count). The standard InChI is InChI=1S/C16H25NO/c1-3-17-15-8-10-16(18,11-9-15)12-14-6-4-13(2)5-7-14/h4-7,15,17-18H,3,8-12H2,1-2H3. The van der Waals surface area contributed by atoms with Crippen LogP contribution in [0.4, 0.5) is 0 Å². The Balaban J connectivity index is 1.91. The van der Waals surface area contributed by atoms with Gasteiger partial charge in [0.25, 0.3) is 0 Å². The molecule has 1 fully saturated rings. The smallest absolute Gasteiger partial charge is 0.0689 e. The number of aryl methyl sites for hydroxylation is 1. The summed E-state index contributed by atoms with van der Waals surface area (Å²) in [5.74, 6) is 0. The highest BCUT2D eigenvalue weighted by molar-refractivity contribution is 5.23. The monoisotopic (exact) mass is 247 g/mol. The molecule has 0 atom stereocenters. The second-order valence-electron chi connectivity index (χ2n) is 5.72. The van der Waals surface area contributed by atoms with Gasteiger partial charge in [-0.25, -0.2) is 0 Å². The van der Waals surface area contributed by atoms with Crippen molar-refractivity contribution in [3.05, 3.63) is 35.4 Å². The van der Waals surface area contributed by atoms with Gasteiger partial charge in [0.15, 0.2) is 0 Å². The molecule has 100 valence electrons. The van der Waals surface area contributed by atoms with Gasteiger partial charge in [0, 0.05) is 12.5 Å². The fourth-order valence-corrected chi connectivity index (χ4v) is 2.91. The maximum absolute atomic E-state index is 10.7. The van der Waals surface area contributed by atoms with Gasteiger partial charge in [-0.05, 0) is 44.7 Å². The normalized spacial score (nSPS) is 28.3. The van der Waals surface area contributed by atoms with Crippen LogP contribution in [0.2, 0.25) is 0 Å². The van der Waals surface area contributed by atoms with Crippen molar-refractivity contribution >= 4 is 0 Å². The second-order valence-corrected chi connectivity index (χ2v) is 5.72. The topological polar surface area (TPSA) is 32.3 Å². The Kier molecular flexibility index (Phi) is 4.41. The van der Waals surface area contributed by atoms with Gasteiger partial charge in [0.05, 0.1) is 5.60 Å². The summed E-state index contributed by atoms with van der Waals surface area (Å²) in [6.45, 7) is 5.27. The SMILES string of the molecule is CCNC1CCC(O)(Cc2ccc(C)cc2)CC1. The van der Waals surface area contributed by atoms with E-state index in [1.165, 1.54) is 11.1 Å². The van der Waals surface area contributed by atoms with E-state index in [-0.39, 0.29) is 0 Å². The minimum atomic E-state index is -0.485. The van der Waals surface area contributed by atoms with Crippen LogP contribution in [0.25, 0.3) is 0 Å². The molecule has 1 aliphatic rings. The Morgan fingerprint density at radius 3 is 2.39 bits per heavy atom. The zero-order chi connectivity index (χ0) is 13.0. The first-order valence-corrected chi connectivity index (χ1v) is 7.13. The van der Waals surface area contributed by atoms with Crippen molar-refractivity contribution in [2.24, 2.45) is 0 Å². The minimum Gasteiger partial charge on any atom is -0.390 e. The van der Waals surface area contributed by atoms with Gasteiger partial charge in [0.1, 0.15) is 0 Å². The van der Waals surface area contributed by atoms with Gasteiger partial charge >= 0.3 is 0 Å². The van der Waals surface area contributed by atoms with Gasteiger partial charge < -0.3 is 10.4 Å². The lowest BCUT2D eigenvalue weighted by Crippen LogP contribution is -2.42. The summed E-state index contributed by atoms with van der Waals surface area (Å²) >= 11 is 0. The predicted octanol–water partition coefficient (Wildman–Crippen LogP) is 2.82. The molecule has 0 saturated heterocycles. The molecule has 1 aliphatic carbocycles. The molecule has 1 saturated carbocycles. The first kappa shape index (κ1) is 13.6. The van der Waals surface area contributed by atoms with E-state index in [1.54, 1.807) is 0 Å². The highest BCUT2D eigenvalue weighted by Crippen LogP contribution is 2.31. The molecule has 18 heavy (non-hydrogen) atoms. The Bertz CT molecular complexity index is 363. The zero-order valence-electron chi connectivity index (χ0n) is 11.6. The van der Waals surface area contributed by atoms with Gasteiger partial charge in [-0.3, -0.25) is 0 Å². The van der Waals surface area contributed by atoms with Crippen molar-refractivity contribution in [3.8, 4) is 0 Å². The van der Waals surface area contributed by atoms with Crippen LogP contribution in [0.3, 0.4) is 0 Å². The number of rotatable bonds is 4. The molecule has 0 amide bonds. The van der Waals surface area contributed by atoms with E-state index in [0.29, 0.717) is 6.04 Å². The number of hydrogen-bond donors (Lipinski definition) is 2. The number of benzene rings is 1. The summed E-state index contributed by atoms with van der Waals surface area (Å²) in [4.78, 5) is 0. The summed E-state index contributed by atoms with van der Waals surface area (Å²) in [6, 6.07) is 9.15. The maximum Gasteiger partial charge on any atom is 0.0689 e. The lowest BCUT2D eigenvalue weighted by atomic mass is 9.78. The van der Waals surface area contributed by atoms with Crippen molar-refractivity contribution in [2.45, 2.75) is 57.6 Å². The lowest BCUT2D eigenvalue weighted by Gasteiger charge is -2.36. The first-order chi connectivity index (χ1) is 8.61. The van der Waals surface area contributed by atoms with E-state index < -0.39 is 5.60 Å². The molecule has 0 aliphatic heterocycles. The Morgan fingerprint density at radius 1 is 1.22 bits per heavy atom. The highest BCUT2D eigenvalue weighted by atomic mass is 16.3. The van der Waals surface area contributed by atoms with Crippen LogP contribution in [0.15, 0.2) is 24.3 Å². The Labute approximate surface area is 110 Å². The molecular weight excluding hydrogens is 222 g/mol. The Morgan fingerprint density at radius 2 is 1.83 bits per heavy atom. The molecule has 0 spiro atoms. The molecular formula is C16H25NO. The van der Waals surface area contributed by atoms with E-state index in [0.717, 1.165) is 38.6 Å². The van der Waals surface area contributed by atoms with Gasteiger partial charge in [0.2, 0.25) is 0 Å². The molecule has 0 bridgehead atoms. The average molecular weight is 247 g/mol. The molecule has 2 nitrogen and oxygen atoms in total. The number of aliphatic hydroxyl groups is 1. The summed E-state index contributed by atoms with van der Waals surface area (Å²) in [7, 11) is 0. The molecule has 2 heteroatoms. The van der Waals surface area contributed by atoms with Crippen molar-refractivity contribution in [1.82, 2.24) is 5.32 Å². The molecule has 0 aromatic heterocycles. The third-order valence-electron chi connectivity index (χ3n) is 4.06. The van der Waals surface area contributed by atoms with Crippen LogP contribution in [-0.2, 0) is 6.42 Å². The van der Waals surface area contributed by atoms with Crippen LogP contribution < -0.4 is 5.32 Å². The van der Waals surface area contributed by atoms with Crippen LogP contribution in [-0.4, -0.2) is 23.3 Å². The summed E-state index contributed by atoms with van der Waals surface area (Å²) in [6.07, 6.45) is 4.82. The van der Waals surface area contributed by atoms with E-state index in [2.05, 4.69) is 43.4 Å². The van der Waals surface area contributed by atoms with E-state index in [1.807, 2.05) is 0 Å². The minimum absolute atomic E-state index is 0.485. The second kappa shape index (κ2) is 5.85. The molecule has 1 aromatic carbocycles. The summed E-state index contributed by atoms with van der Waals surface area (Å²) < 4.78 is 0. The van der Waals surface area contributed by atoms with E-state index in [9.17, 15) is 5.11 Å². The van der Waals surface area contributed by atoms with Crippen LogP contribution in [0, 0.1) is 6.92 Å². The van der Waals surface area contributed by atoms with Gasteiger partial charge in [-0.15, -0.1) is 0 Å². The van der Waals surface area contributed by atoms with Gasteiger partial charge in [-0.1, -0.05) is 36.8 Å². The lowest BCUT2D eigenvalue weighted by molar-refractivity contribution is -0.00294. The number of nitrogens with one attached hydrogen (secondary N) is 1. The van der Waals surface area contributed by atoms with Crippen molar-refractivity contribution in [2.75, 3.05) is 6.54 Å². The molecule has 0 heterocycles. The van der Waals surface area contributed by atoms with Crippen LogP contribution >= 0.6 is 0 Å². The summed E-state index contributed by atoms with van der Waals surface area (Å²) in [5, 5.41) is 14.1. The maximum atomic E-state index is 10.7. The third-order valence-corrected chi connectivity index (χ3v) is 4.06. The molecule has 0 radical (unpaired) electrons. The quantitative estimate of drug-likeness (QED) is 0.857. The van der Waals surface area contributed by atoms with E-state index >= 15 is 0 Å². The van der Waals surface area contributed by atoms with Crippen molar-refractivity contribution < 1.29 is 5.11 Å². The van der Waals surface area contributed by atoms with Crippen LogP contribution in [0.1, 0.15) is 43.7 Å². The molecule has 2 N–H and O–H groups in total. The predicted molar refractivity (Wildman–Crippen MR) is 75.8 cm³/mol. The van der Waals surface area contributed by atoms with E-state index in [4.69, 9.17) is 0 Å². The average Bonchev–Trinajstić information content (AvgIpc) is 2.36. The van der Waals surface area contributed by atoms with Crippen LogP contribution in [0.5, 0.6) is 0 Å². The van der Waals surface area contributed by atoms with Gasteiger partial charge in [-0.2, -0.15) is 0 Å². The molecule has 0 unspecified atom stereocenters. The third kappa shape index (κ3) is 3.56. The first-order valence-electron chi connectivity index (χ1n) is 7.13. The Hall–Kier alpha value is -0.860. The number of hydrogen-bond acceptors (Lipinski definition) is 2. The molecule has 1 aromatic rings.